The first-order valence-electron chi connectivity index (χ1n) is 7.48. The molecule has 0 bridgehead atoms. The molecule has 2 aromatic rings. The summed E-state index contributed by atoms with van der Waals surface area (Å²) in [5, 5.41) is 3.13. The van der Waals surface area contributed by atoms with Gasteiger partial charge in [0.1, 0.15) is 13.1 Å². The number of amides is 4. The highest BCUT2D eigenvalue weighted by Crippen LogP contribution is 2.33. The summed E-state index contributed by atoms with van der Waals surface area (Å²) < 4.78 is 0. The highest BCUT2D eigenvalue weighted by molar-refractivity contribution is 6.42. The van der Waals surface area contributed by atoms with Crippen molar-refractivity contribution in [3.63, 3.8) is 0 Å². The van der Waals surface area contributed by atoms with Crippen LogP contribution in [-0.2, 0) is 9.59 Å². The van der Waals surface area contributed by atoms with Gasteiger partial charge in [-0.1, -0.05) is 53.0 Å². The minimum Gasteiger partial charge on any atom is -0.322 e. The van der Waals surface area contributed by atoms with Crippen molar-refractivity contribution in [3.05, 3.63) is 57.5 Å². The van der Waals surface area contributed by atoms with E-state index < -0.39 is 24.4 Å². The number of imide groups is 1. The van der Waals surface area contributed by atoms with Gasteiger partial charge in [0, 0.05) is 10.7 Å². The number of halogens is 3. The van der Waals surface area contributed by atoms with Gasteiger partial charge in [-0.25, -0.2) is 4.79 Å². The van der Waals surface area contributed by atoms with E-state index in [0.29, 0.717) is 10.7 Å². The number of urea groups is 1. The molecule has 0 aliphatic carbocycles. The fraction of sp³-hybridized carbons (Fsp3) is 0.118. The molecule has 1 aliphatic rings. The van der Waals surface area contributed by atoms with Gasteiger partial charge in [0.05, 0.1) is 15.7 Å². The second-order valence-electron chi connectivity index (χ2n) is 5.48. The summed E-state index contributed by atoms with van der Waals surface area (Å²) >= 11 is 17.9. The molecule has 6 nitrogen and oxygen atoms in total. The van der Waals surface area contributed by atoms with Crippen molar-refractivity contribution in [2.75, 3.05) is 23.3 Å². The maximum Gasteiger partial charge on any atom is 0.332 e. The van der Waals surface area contributed by atoms with Crippen LogP contribution in [0.25, 0.3) is 0 Å². The highest BCUT2D eigenvalue weighted by atomic mass is 35.5. The summed E-state index contributed by atoms with van der Waals surface area (Å²) in [4.78, 5) is 39.1. The Labute approximate surface area is 164 Å². The minimum absolute atomic E-state index is 0.126. The number of para-hydroxylation sites is 1. The standard InChI is InChI=1S/C17H12Cl3N3O3/c18-10-6-12(19)16(13(20)7-10)21-14(24)8-23-15(25)9-22(17(23)26)11-4-2-1-3-5-11/h1-7H,8-9H2,(H,21,24). The third-order valence-electron chi connectivity index (χ3n) is 3.70. The molecule has 0 radical (unpaired) electrons. The first-order chi connectivity index (χ1) is 12.4. The summed E-state index contributed by atoms with van der Waals surface area (Å²) in [6.45, 7) is -0.575. The third kappa shape index (κ3) is 3.77. The van der Waals surface area contributed by atoms with Gasteiger partial charge < -0.3 is 5.32 Å². The Hall–Kier alpha value is -2.28. The van der Waals surface area contributed by atoms with Gasteiger partial charge >= 0.3 is 6.03 Å². The summed E-state index contributed by atoms with van der Waals surface area (Å²) in [5.41, 5.74) is 0.749. The molecule has 4 amide bonds. The van der Waals surface area contributed by atoms with Crippen molar-refractivity contribution in [1.29, 1.82) is 0 Å². The topological polar surface area (TPSA) is 69.7 Å². The molecule has 9 heteroatoms. The molecule has 3 rings (SSSR count). The highest BCUT2D eigenvalue weighted by Gasteiger charge is 2.38. The molecule has 1 saturated heterocycles. The van der Waals surface area contributed by atoms with Crippen LogP contribution in [0.3, 0.4) is 0 Å². The van der Waals surface area contributed by atoms with E-state index in [1.807, 2.05) is 0 Å². The molecular weight excluding hydrogens is 401 g/mol. The number of hydrogen-bond donors (Lipinski definition) is 1. The molecule has 26 heavy (non-hydrogen) atoms. The molecule has 0 atom stereocenters. The lowest BCUT2D eigenvalue weighted by atomic mass is 10.3. The summed E-state index contributed by atoms with van der Waals surface area (Å²) in [5.74, 6) is -1.07. The van der Waals surface area contributed by atoms with Crippen molar-refractivity contribution < 1.29 is 14.4 Å². The van der Waals surface area contributed by atoms with E-state index in [4.69, 9.17) is 34.8 Å². The summed E-state index contributed by atoms with van der Waals surface area (Å²) in [6, 6.07) is 11.0. The Morgan fingerprint density at radius 2 is 1.65 bits per heavy atom. The number of nitrogens with one attached hydrogen (secondary N) is 1. The van der Waals surface area contributed by atoms with Crippen molar-refractivity contribution in [2.24, 2.45) is 0 Å². The van der Waals surface area contributed by atoms with Gasteiger partial charge in [-0.15, -0.1) is 0 Å². The molecule has 0 spiro atoms. The first-order valence-corrected chi connectivity index (χ1v) is 8.61. The molecule has 134 valence electrons. The monoisotopic (exact) mass is 411 g/mol. The van der Waals surface area contributed by atoms with Crippen molar-refractivity contribution >= 4 is 64.0 Å². The minimum atomic E-state index is -0.604. The quantitative estimate of drug-likeness (QED) is 0.770. The van der Waals surface area contributed by atoms with Crippen LogP contribution in [0.2, 0.25) is 15.1 Å². The van der Waals surface area contributed by atoms with Gasteiger partial charge in [-0.3, -0.25) is 19.4 Å². The lowest BCUT2D eigenvalue weighted by Crippen LogP contribution is -2.39. The Morgan fingerprint density at radius 1 is 1.04 bits per heavy atom. The Bertz CT molecular complexity index is 866. The van der Waals surface area contributed by atoms with Crippen LogP contribution >= 0.6 is 34.8 Å². The molecule has 0 unspecified atom stereocenters. The molecule has 0 saturated carbocycles. The molecule has 0 aromatic heterocycles. The van der Waals surface area contributed by atoms with E-state index in [9.17, 15) is 14.4 Å². The lowest BCUT2D eigenvalue weighted by molar-refractivity contribution is -0.128. The zero-order valence-electron chi connectivity index (χ0n) is 13.2. The Kier molecular flexibility index (Phi) is 5.36. The largest absolute Gasteiger partial charge is 0.332 e. The number of rotatable bonds is 4. The predicted molar refractivity (Wildman–Crippen MR) is 101 cm³/mol. The van der Waals surface area contributed by atoms with Gasteiger partial charge in [0.2, 0.25) is 5.91 Å². The number of nitrogens with zero attached hydrogens (tertiary/aromatic N) is 2. The van der Waals surface area contributed by atoms with Crippen LogP contribution in [0, 0.1) is 0 Å². The van der Waals surface area contributed by atoms with Crippen molar-refractivity contribution in [1.82, 2.24) is 4.90 Å². The van der Waals surface area contributed by atoms with Crippen LogP contribution in [-0.4, -0.2) is 35.8 Å². The first kappa shape index (κ1) is 18.5. The Balaban J connectivity index is 1.72. The van der Waals surface area contributed by atoms with Gasteiger partial charge in [-0.2, -0.15) is 0 Å². The summed E-state index contributed by atoms with van der Waals surface area (Å²) in [7, 11) is 0. The number of hydrogen-bond acceptors (Lipinski definition) is 3. The third-order valence-corrected chi connectivity index (χ3v) is 4.51. The van der Waals surface area contributed by atoms with Gasteiger partial charge in [-0.05, 0) is 24.3 Å². The van der Waals surface area contributed by atoms with Crippen LogP contribution in [0.4, 0.5) is 16.2 Å². The van der Waals surface area contributed by atoms with E-state index in [1.54, 1.807) is 30.3 Å². The molecule has 1 N–H and O–H groups in total. The second kappa shape index (κ2) is 7.53. The Morgan fingerprint density at radius 3 is 2.27 bits per heavy atom. The van der Waals surface area contributed by atoms with E-state index in [1.165, 1.54) is 17.0 Å². The molecule has 1 heterocycles. The predicted octanol–water partition coefficient (Wildman–Crippen LogP) is 4.05. The molecule has 1 aliphatic heterocycles. The van der Waals surface area contributed by atoms with Crippen LogP contribution in [0.15, 0.2) is 42.5 Å². The zero-order valence-corrected chi connectivity index (χ0v) is 15.5. The van der Waals surface area contributed by atoms with Crippen LogP contribution in [0.1, 0.15) is 0 Å². The number of carbonyl (C=O) groups is 3. The average Bonchev–Trinajstić information content (AvgIpc) is 2.87. The number of anilines is 2. The second-order valence-corrected chi connectivity index (χ2v) is 6.73. The smallest absolute Gasteiger partial charge is 0.322 e. The maximum atomic E-state index is 12.5. The summed E-state index contributed by atoms with van der Waals surface area (Å²) in [6.07, 6.45) is 0. The van der Waals surface area contributed by atoms with E-state index >= 15 is 0 Å². The molecule has 1 fully saturated rings. The number of benzene rings is 2. The van der Waals surface area contributed by atoms with E-state index in [0.717, 1.165) is 4.90 Å². The zero-order chi connectivity index (χ0) is 18.8. The van der Waals surface area contributed by atoms with E-state index in [2.05, 4.69) is 5.32 Å². The normalized spacial score (nSPS) is 14.1. The maximum absolute atomic E-state index is 12.5. The fourth-order valence-electron chi connectivity index (χ4n) is 2.49. The van der Waals surface area contributed by atoms with Crippen molar-refractivity contribution in [2.45, 2.75) is 0 Å². The van der Waals surface area contributed by atoms with Crippen LogP contribution < -0.4 is 10.2 Å². The molecule has 2 aromatic carbocycles. The van der Waals surface area contributed by atoms with E-state index in [-0.39, 0.29) is 22.3 Å². The van der Waals surface area contributed by atoms with Gasteiger partial charge in [0.15, 0.2) is 0 Å². The fourth-order valence-corrected chi connectivity index (χ4v) is 3.40. The lowest BCUT2D eigenvalue weighted by Gasteiger charge is -2.17. The van der Waals surface area contributed by atoms with Crippen molar-refractivity contribution in [3.8, 4) is 0 Å². The number of carbonyl (C=O) groups excluding carboxylic acids is 3. The molecular formula is C17H12Cl3N3O3. The van der Waals surface area contributed by atoms with Gasteiger partial charge in [0.25, 0.3) is 5.91 Å². The van der Waals surface area contributed by atoms with Crippen LogP contribution in [0.5, 0.6) is 0 Å². The SMILES string of the molecule is O=C(CN1C(=O)CN(c2ccccc2)C1=O)Nc1c(Cl)cc(Cl)cc1Cl. The average molecular weight is 413 g/mol.